The van der Waals surface area contributed by atoms with E-state index < -0.39 is 0 Å². The second-order valence-corrected chi connectivity index (χ2v) is 7.08. The normalized spacial score (nSPS) is 20.4. The Kier molecular flexibility index (Phi) is 4.89. The van der Waals surface area contributed by atoms with Gasteiger partial charge in [0.15, 0.2) is 0 Å². The maximum absolute atomic E-state index is 12.9. The standard InChI is InChI=1S/C21H25N3O2/c1-16-14-18(8-9-22-16)20-15-24(12-13-26-20)21(25)17-4-6-19(7-5-17)23-10-2-3-11-23/h4-9,14,20H,2-3,10-13,15H2,1H3/t20-/m1/s1. The zero-order valence-electron chi connectivity index (χ0n) is 15.2. The summed E-state index contributed by atoms with van der Waals surface area (Å²) in [5.41, 5.74) is 4.01. The van der Waals surface area contributed by atoms with Crippen molar-refractivity contribution in [2.45, 2.75) is 25.9 Å². The number of rotatable bonds is 3. The number of nitrogens with zero attached hydrogens (tertiary/aromatic N) is 3. The lowest BCUT2D eigenvalue weighted by Gasteiger charge is -2.33. The smallest absolute Gasteiger partial charge is 0.254 e. The lowest BCUT2D eigenvalue weighted by Crippen LogP contribution is -2.42. The van der Waals surface area contributed by atoms with Crippen LogP contribution < -0.4 is 4.90 Å². The van der Waals surface area contributed by atoms with Crippen LogP contribution in [-0.4, -0.2) is 48.6 Å². The molecule has 2 saturated heterocycles. The number of anilines is 1. The number of ether oxygens (including phenoxy) is 1. The topological polar surface area (TPSA) is 45.7 Å². The number of amides is 1. The molecular weight excluding hydrogens is 326 g/mol. The second kappa shape index (κ2) is 7.46. The predicted octanol–water partition coefficient (Wildman–Crippen LogP) is 3.20. The van der Waals surface area contributed by atoms with Gasteiger partial charge in [-0.05, 0) is 61.7 Å². The van der Waals surface area contributed by atoms with Gasteiger partial charge in [-0.25, -0.2) is 0 Å². The molecule has 1 aromatic carbocycles. The van der Waals surface area contributed by atoms with Gasteiger partial charge in [0, 0.05) is 42.8 Å². The number of aromatic nitrogens is 1. The van der Waals surface area contributed by atoms with E-state index in [4.69, 9.17) is 4.74 Å². The highest BCUT2D eigenvalue weighted by atomic mass is 16.5. The van der Waals surface area contributed by atoms with Gasteiger partial charge in [-0.1, -0.05) is 0 Å². The highest BCUT2D eigenvalue weighted by Crippen LogP contribution is 2.25. The quantitative estimate of drug-likeness (QED) is 0.852. The molecule has 0 N–H and O–H groups in total. The summed E-state index contributed by atoms with van der Waals surface area (Å²) >= 11 is 0. The summed E-state index contributed by atoms with van der Waals surface area (Å²) in [5, 5.41) is 0. The van der Waals surface area contributed by atoms with Crippen LogP contribution >= 0.6 is 0 Å². The first-order valence-electron chi connectivity index (χ1n) is 9.39. The molecule has 0 bridgehead atoms. The summed E-state index contributed by atoms with van der Waals surface area (Å²) in [6, 6.07) is 12.1. The minimum atomic E-state index is -0.0849. The fraction of sp³-hybridized carbons (Fsp3) is 0.429. The van der Waals surface area contributed by atoms with E-state index in [9.17, 15) is 4.79 Å². The summed E-state index contributed by atoms with van der Waals surface area (Å²) in [6.07, 6.45) is 4.22. The molecule has 2 aliphatic rings. The van der Waals surface area contributed by atoms with Gasteiger partial charge >= 0.3 is 0 Å². The molecule has 5 heteroatoms. The maximum atomic E-state index is 12.9. The van der Waals surface area contributed by atoms with E-state index in [1.807, 2.05) is 36.1 Å². The van der Waals surface area contributed by atoms with Gasteiger partial charge in [0.05, 0.1) is 13.2 Å². The number of aryl methyl sites for hydroxylation is 1. The van der Waals surface area contributed by atoms with Crippen molar-refractivity contribution in [2.75, 3.05) is 37.7 Å². The zero-order chi connectivity index (χ0) is 17.9. The summed E-state index contributed by atoms with van der Waals surface area (Å²) in [6.45, 7) is 5.97. The van der Waals surface area contributed by atoms with E-state index in [0.29, 0.717) is 19.7 Å². The number of morpholine rings is 1. The molecule has 0 radical (unpaired) electrons. The molecule has 0 saturated carbocycles. The molecule has 0 unspecified atom stereocenters. The average molecular weight is 351 g/mol. The lowest BCUT2D eigenvalue weighted by molar-refractivity contribution is -0.0228. The van der Waals surface area contributed by atoms with Crippen LogP contribution in [0.1, 0.15) is 40.6 Å². The van der Waals surface area contributed by atoms with Gasteiger partial charge < -0.3 is 14.5 Å². The van der Waals surface area contributed by atoms with Gasteiger partial charge in [-0.3, -0.25) is 9.78 Å². The van der Waals surface area contributed by atoms with Crippen molar-refractivity contribution in [3.8, 4) is 0 Å². The third-order valence-corrected chi connectivity index (χ3v) is 5.23. The van der Waals surface area contributed by atoms with Crippen molar-refractivity contribution in [1.29, 1.82) is 0 Å². The summed E-state index contributed by atoms with van der Waals surface area (Å²) in [5.74, 6) is 0.0806. The van der Waals surface area contributed by atoms with Crippen LogP contribution in [-0.2, 0) is 4.74 Å². The largest absolute Gasteiger partial charge is 0.372 e. The van der Waals surface area contributed by atoms with Gasteiger partial charge in [-0.2, -0.15) is 0 Å². The maximum Gasteiger partial charge on any atom is 0.254 e. The lowest BCUT2D eigenvalue weighted by atomic mass is 10.1. The zero-order valence-corrected chi connectivity index (χ0v) is 15.2. The molecule has 1 atom stereocenters. The van der Waals surface area contributed by atoms with E-state index >= 15 is 0 Å². The first kappa shape index (κ1) is 17.0. The number of pyridine rings is 1. The molecule has 0 spiro atoms. The van der Waals surface area contributed by atoms with Crippen LogP contribution in [0.3, 0.4) is 0 Å². The van der Waals surface area contributed by atoms with Crippen molar-refractivity contribution in [3.05, 3.63) is 59.4 Å². The molecule has 26 heavy (non-hydrogen) atoms. The number of hydrogen-bond acceptors (Lipinski definition) is 4. The van der Waals surface area contributed by atoms with E-state index in [2.05, 4.69) is 22.0 Å². The van der Waals surface area contributed by atoms with Crippen LogP contribution in [0.4, 0.5) is 5.69 Å². The summed E-state index contributed by atoms with van der Waals surface area (Å²) in [4.78, 5) is 21.4. The van der Waals surface area contributed by atoms with Crippen molar-refractivity contribution in [1.82, 2.24) is 9.88 Å². The van der Waals surface area contributed by atoms with E-state index in [0.717, 1.165) is 29.9 Å². The molecule has 2 aliphatic heterocycles. The van der Waals surface area contributed by atoms with E-state index in [-0.39, 0.29) is 12.0 Å². The van der Waals surface area contributed by atoms with Crippen molar-refractivity contribution in [2.24, 2.45) is 0 Å². The molecular formula is C21H25N3O2. The van der Waals surface area contributed by atoms with Crippen LogP contribution in [0, 0.1) is 6.92 Å². The SMILES string of the molecule is Cc1cc([C@H]2CN(C(=O)c3ccc(N4CCCC4)cc3)CCO2)ccn1. The molecule has 2 fully saturated rings. The Morgan fingerprint density at radius 2 is 1.88 bits per heavy atom. The fourth-order valence-corrected chi connectivity index (χ4v) is 3.78. The highest BCUT2D eigenvalue weighted by molar-refractivity contribution is 5.94. The highest BCUT2D eigenvalue weighted by Gasteiger charge is 2.26. The fourth-order valence-electron chi connectivity index (χ4n) is 3.78. The third kappa shape index (κ3) is 3.58. The molecule has 3 heterocycles. The number of carbonyl (C=O) groups excluding carboxylic acids is 1. The van der Waals surface area contributed by atoms with Gasteiger partial charge in [-0.15, -0.1) is 0 Å². The molecule has 0 aliphatic carbocycles. The Morgan fingerprint density at radius 3 is 2.62 bits per heavy atom. The van der Waals surface area contributed by atoms with Crippen LogP contribution in [0.25, 0.3) is 0 Å². The third-order valence-electron chi connectivity index (χ3n) is 5.23. The van der Waals surface area contributed by atoms with E-state index in [1.54, 1.807) is 6.20 Å². The van der Waals surface area contributed by atoms with E-state index in [1.165, 1.54) is 18.5 Å². The molecule has 5 nitrogen and oxygen atoms in total. The Labute approximate surface area is 154 Å². The van der Waals surface area contributed by atoms with Crippen molar-refractivity contribution >= 4 is 11.6 Å². The van der Waals surface area contributed by atoms with Gasteiger partial charge in [0.1, 0.15) is 6.10 Å². The Balaban J connectivity index is 1.45. The Morgan fingerprint density at radius 1 is 1.12 bits per heavy atom. The first-order valence-corrected chi connectivity index (χ1v) is 9.39. The number of hydrogen-bond donors (Lipinski definition) is 0. The minimum absolute atomic E-state index is 0.0806. The number of carbonyl (C=O) groups is 1. The molecule has 2 aromatic rings. The first-order chi connectivity index (χ1) is 12.7. The monoisotopic (exact) mass is 351 g/mol. The molecule has 1 aromatic heterocycles. The van der Waals surface area contributed by atoms with Crippen LogP contribution in [0.15, 0.2) is 42.6 Å². The summed E-state index contributed by atoms with van der Waals surface area (Å²) < 4.78 is 5.89. The summed E-state index contributed by atoms with van der Waals surface area (Å²) in [7, 11) is 0. The van der Waals surface area contributed by atoms with Gasteiger partial charge in [0.2, 0.25) is 0 Å². The molecule has 1 amide bonds. The Hall–Kier alpha value is -2.40. The molecule has 4 rings (SSSR count). The van der Waals surface area contributed by atoms with Crippen LogP contribution in [0.5, 0.6) is 0 Å². The average Bonchev–Trinajstić information content (AvgIpc) is 3.22. The van der Waals surface area contributed by atoms with Crippen LogP contribution in [0.2, 0.25) is 0 Å². The molecule has 136 valence electrons. The van der Waals surface area contributed by atoms with Crippen molar-refractivity contribution < 1.29 is 9.53 Å². The van der Waals surface area contributed by atoms with Gasteiger partial charge in [0.25, 0.3) is 5.91 Å². The van der Waals surface area contributed by atoms with Crippen molar-refractivity contribution in [3.63, 3.8) is 0 Å². The Bertz CT molecular complexity index is 769. The minimum Gasteiger partial charge on any atom is -0.372 e. The second-order valence-electron chi connectivity index (χ2n) is 7.08. The predicted molar refractivity (Wildman–Crippen MR) is 101 cm³/mol. The number of benzene rings is 1.